The summed E-state index contributed by atoms with van der Waals surface area (Å²) in [5.41, 5.74) is 2.89. The van der Waals surface area contributed by atoms with Crippen molar-refractivity contribution in [1.29, 1.82) is 0 Å². The molecule has 0 bridgehead atoms. The number of benzene rings is 1. The lowest BCUT2D eigenvalue weighted by Gasteiger charge is -2.40. The van der Waals surface area contributed by atoms with Crippen LogP contribution in [0.3, 0.4) is 0 Å². The highest BCUT2D eigenvalue weighted by Gasteiger charge is 2.45. The Bertz CT molecular complexity index is 1160. The zero-order valence-corrected chi connectivity index (χ0v) is 25.4. The molecule has 3 aliphatic rings. The Kier molecular flexibility index (Phi) is 11.8. The van der Waals surface area contributed by atoms with E-state index in [2.05, 4.69) is 6.07 Å². The summed E-state index contributed by atoms with van der Waals surface area (Å²) >= 11 is 1.83. The first-order valence-electron chi connectivity index (χ1n) is 14.5. The van der Waals surface area contributed by atoms with Gasteiger partial charge in [0, 0.05) is 27.8 Å². The summed E-state index contributed by atoms with van der Waals surface area (Å²) in [6.45, 7) is 0.727. The van der Waals surface area contributed by atoms with E-state index < -0.39 is 67.6 Å². The maximum absolute atomic E-state index is 10.6. The third-order valence-electron chi connectivity index (χ3n) is 8.37. The third-order valence-corrected chi connectivity index (χ3v) is 9.61. The molecule has 0 unspecified atom stereocenters. The van der Waals surface area contributed by atoms with E-state index >= 15 is 0 Å². The molecule has 3 heterocycles. The van der Waals surface area contributed by atoms with Gasteiger partial charge in [-0.05, 0) is 55.9 Å². The topological polar surface area (TPSA) is 199 Å². The SMILES string of the molecule is COc1cc(OC)c([C@@H]2O[C@H](CO)[C@@H](O)[C@H](O)[C@H]2O)cc1Cc1cc2c(s1)CCCC2.C[C@@H]1O[C@H](CO)[C@@H](O)[C@H](O)[C@H]1O. The molecule has 1 aromatic carbocycles. The maximum Gasteiger partial charge on any atom is 0.128 e. The van der Waals surface area contributed by atoms with Crippen molar-refractivity contribution in [3.05, 3.63) is 44.6 Å². The van der Waals surface area contributed by atoms with Crippen molar-refractivity contribution in [1.82, 2.24) is 0 Å². The monoisotopic (exact) mass is 628 g/mol. The van der Waals surface area contributed by atoms with Crippen LogP contribution in [0.2, 0.25) is 0 Å². The van der Waals surface area contributed by atoms with Crippen molar-refractivity contribution in [2.75, 3.05) is 27.4 Å². The number of fused-ring (bicyclic) bond motifs is 1. The summed E-state index contributed by atoms with van der Waals surface area (Å²) in [4.78, 5) is 2.71. The summed E-state index contributed by atoms with van der Waals surface area (Å²) < 4.78 is 21.9. The molecule has 1 aromatic heterocycles. The number of methoxy groups -OCH3 is 2. The quantitative estimate of drug-likeness (QED) is 0.198. The van der Waals surface area contributed by atoms with E-state index in [4.69, 9.17) is 24.1 Å². The fraction of sp³-hybridized carbons (Fsp3) is 0.667. The van der Waals surface area contributed by atoms with Crippen LogP contribution in [0.25, 0.3) is 0 Å². The van der Waals surface area contributed by atoms with Gasteiger partial charge in [-0.3, -0.25) is 0 Å². The first kappa shape index (κ1) is 34.0. The maximum atomic E-state index is 10.6. The van der Waals surface area contributed by atoms with Gasteiger partial charge in [-0.15, -0.1) is 11.3 Å². The van der Waals surface area contributed by atoms with Gasteiger partial charge in [0.05, 0.1) is 33.5 Å². The minimum absolute atomic E-state index is 0.366. The van der Waals surface area contributed by atoms with Gasteiger partial charge in [-0.1, -0.05) is 0 Å². The van der Waals surface area contributed by atoms with Crippen molar-refractivity contribution in [2.24, 2.45) is 0 Å². The van der Waals surface area contributed by atoms with Crippen LogP contribution >= 0.6 is 11.3 Å². The lowest BCUT2D eigenvalue weighted by atomic mass is 9.89. The number of aliphatic hydroxyl groups is 8. The Morgan fingerprint density at radius 3 is 1.95 bits per heavy atom. The lowest BCUT2D eigenvalue weighted by molar-refractivity contribution is -0.232. The number of aryl methyl sites for hydroxylation is 2. The highest BCUT2D eigenvalue weighted by Crippen LogP contribution is 2.41. The van der Waals surface area contributed by atoms with Gasteiger partial charge < -0.3 is 59.8 Å². The second-order valence-electron chi connectivity index (χ2n) is 11.2. The molecule has 0 spiro atoms. The van der Waals surface area contributed by atoms with Crippen molar-refractivity contribution < 1.29 is 59.8 Å². The number of thiophene rings is 1. The summed E-state index contributed by atoms with van der Waals surface area (Å²) in [7, 11) is 3.11. The average Bonchev–Trinajstić information content (AvgIpc) is 3.43. The van der Waals surface area contributed by atoms with Crippen molar-refractivity contribution in [2.45, 2.75) is 100 Å². The van der Waals surface area contributed by atoms with Crippen LogP contribution in [0.1, 0.15) is 52.3 Å². The van der Waals surface area contributed by atoms with Gasteiger partial charge in [0.15, 0.2) is 0 Å². The Labute approximate surface area is 254 Å². The Morgan fingerprint density at radius 2 is 1.35 bits per heavy atom. The van der Waals surface area contributed by atoms with Crippen LogP contribution in [-0.2, 0) is 28.7 Å². The van der Waals surface area contributed by atoms with Gasteiger partial charge in [0.2, 0.25) is 0 Å². The van der Waals surface area contributed by atoms with Crippen LogP contribution in [0, 0.1) is 0 Å². The standard InChI is InChI=1S/C23H30O7S.C7H14O5/c1-28-16-10-17(29-2)15(23-22(27)21(26)20(25)18(11-24)30-23)9-13(16)8-14-7-12-5-3-4-6-19(12)31-14;1-3-5(9)7(11)6(10)4(2-8)12-3/h7,9-10,18,20-27H,3-6,8,11H2,1-2H3;3-11H,2H2,1H3/t18-,20-,21+,22-,23+;3-,4+,5-,6+,7+/m10/s1. The average molecular weight is 629 g/mol. The van der Waals surface area contributed by atoms with E-state index in [1.807, 2.05) is 17.4 Å². The van der Waals surface area contributed by atoms with E-state index in [1.54, 1.807) is 20.1 Å². The van der Waals surface area contributed by atoms with Gasteiger partial charge in [-0.2, -0.15) is 0 Å². The summed E-state index contributed by atoms with van der Waals surface area (Å²) in [6.07, 6.45) is -5.72. The predicted octanol–water partition coefficient (Wildman–Crippen LogP) is -0.401. The zero-order chi connectivity index (χ0) is 31.4. The fourth-order valence-electron chi connectivity index (χ4n) is 5.83. The normalized spacial score (nSPS) is 34.1. The van der Waals surface area contributed by atoms with Gasteiger partial charge >= 0.3 is 0 Å². The molecular formula is C30H44O12S. The fourth-order valence-corrected chi connectivity index (χ4v) is 7.11. The lowest BCUT2D eigenvalue weighted by Crippen LogP contribution is -2.57. The van der Waals surface area contributed by atoms with Gasteiger partial charge in [0.1, 0.15) is 66.4 Å². The minimum Gasteiger partial charge on any atom is -0.496 e. The number of ether oxygens (including phenoxy) is 4. The molecule has 2 saturated heterocycles. The van der Waals surface area contributed by atoms with Gasteiger partial charge in [-0.25, -0.2) is 0 Å². The minimum atomic E-state index is -1.45. The molecule has 2 fully saturated rings. The molecule has 5 rings (SSSR count). The van der Waals surface area contributed by atoms with Crippen LogP contribution in [0.4, 0.5) is 0 Å². The first-order chi connectivity index (χ1) is 20.5. The first-order valence-corrected chi connectivity index (χ1v) is 15.3. The van der Waals surface area contributed by atoms with E-state index in [0.29, 0.717) is 23.5 Å². The molecule has 8 N–H and O–H groups in total. The van der Waals surface area contributed by atoms with Crippen molar-refractivity contribution in [3.63, 3.8) is 0 Å². The van der Waals surface area contributed by atoms with Crippen LogP contribution in [-0.4, -0.2) is 123 Å². The molecule has 0 radical (unpaired) electrons. The van der Waals surface area contributed by atoms with Crippen LogP contribution in [0.15, 0.2) is 18.2 Å². The molecule has 0 amide bonds. The Balaban J connectivity index is 0.000000296. The van der Waals surface area contributed by atoms with E-state index in [1.165, 1.54) is 35.3 Å². The second kappa shape index (κ2) is 14.9. The third kappa shape index (κ3) is 7.34. The Morgan fingerprint density at radius 1 is 0.744 bits per heavy atom. The highest BCUT2D eigenvalue weighted by atomic mass is 32.1. The van der Waals surface area contributed by atoms with Crippen molar-refractivity contribution >= 4 is 11.3 Å². The summed E-state index contributed by atoms with van der Waals surface area (Å²) in [5.74, 6) is 1.10. The summed E-state index contributed by atoms with van der Waals surface area (Å²) in [5, 5.41) is 76.9. The summed E-state index contributed by atoms with van der Waals surface area (Å²) in [6, 6.07) is 5.89. The molecule has 2 aromatic rings. The molecule has 13 heteroatoms. The number of aliphatic hydroxyl groups excluding tert-OH is 8. The largest absolute Gasteiger partial charge is 0.496 e. The van der Waals surface area contributed by atoms with Gasteiger partial charge in [0.25, 0.3) is 0 Å². The molecule has 43 heavy (non-hydrogen) atoms. The predicted molar refractivity (Wildman–Crippen MR) is 155 cm³/mol. The molecule has 1 aliphatic carbocycles. The van der Waals surface area contributed by atoms with E-state index in [0.717, 1.165) is 18.4 Å². The molecule has 10 atom stereocenters. The molecular weight excluding hydrogens is 584 g/mol. The van der Waals surface area contributed by atoms with Crippen molar-refractivity contribution in [3.8, 4) is 11.5 Å². The number of rotatable bonds is 7. The smallest absolute Gasteiger partial charge is 0.128 e. The Hall–Kier alpha value is -1.88. The molecule has 2 aliphatic heterocycles. The van der Waals surface area contributed by atoms with Crippen LogP contribution < -0.4 is 9.47 Å². The number of hydrogen-bond donors (Lipinski definition) is 8. The molecule has 242 valence electrons. The van der Waals surface area contributed by atoms with Crippen LogP contribution in [0.5, 0.6) is 11.5 Å². The zero-order valence-electron chi connectivity index (χ0n) is 24.6. The highest BCUT2D eigenvalue weighted by molar-refractivity contribution is 7.12. The van der Waals surface area contributed by atoms with E-state index in [-0.39, 0.29) is 6.61 Å². The molecule has 12 nitrogen and oxygen atoms in total. The number of hydrogen-bond acceptors (Lipinski definition) is 13. The van der Waals surface area contributed by atoms with E-state index in [9.17, 15) is 35.7 Å². The second-order valence-corrected chi connectivity index (χ2v) is 12.5. The molecule has 0 saturated carbocycles.